The van der Waals surface area contributed by atoms with Crippen LogP contribution in [-0.2, 0) is 10.0 Å². The number of rotatable bonds is 4. The quantitative estimate of drug-likeness (QED) is 0.873. The lowest BCUT2D eigenvalue weighted by Gasteiger charge is -2.37. The summed E-state index contributed by atoms with van der Waals surface area (Å²) in [7, 11) is -1.28. The minimum Gasteiger partial charge on any atom is -0.306 e. The molecule has 2 rings (SSSR count). The van der Waals surface area contributed by atoms with Crippen molar-refractivity contribution in [3.63, 3.8) is 0 Å². The van der Waals surface area contributed by atoms with Crippen LogP contribution in [0.2, 0.25) is 0 Å². The van der Waals surface area contributed by atoms with E-state index in [1.807, 2.05) is 6.92 Å². The van der Waals surface area contributed by atoms with Crippen LogP contribution >= 0.6 is 27.3 Å². The van der Waals surface area contributed by atoms with Crippen molar-refractivity contribution in [1.82, 2.24) is 9.62 Å². The van der Waals surface area contributed by atoms with Gasteiger partial charge in [-0.25, -0.2) is 13.1 Å². The Balaban J connectivity index is 2.02. The Morgan fingerprint density at radius 3 is 2.55 bits per heavy atom. The summed E-state index contributed by atoms with van der Waals surface area (Å²) in [6.07, 6.45) is 2.05. The summed E-state index contributed by atoms with van der Waals surface area (Å²) in [6.45, 7) is 6.64. The van der Waals surface area contributed by atoms with Crippen LogP contribution in [0, 0.1) is 12.3 Å². The monoisotopic (exact) mass is 380 g/mol. The molecule has 1 fully saturated rings. The number of likely N-dealkylation sites (tertiary alicyclic amines) is 1. The van der Waals surface area contributed by atoms with E-state index in [9.17, 15) is 8.42 Å². The summed E-state index contributed by atoms with van der Waals surface area (Å²) in [5.41, 5.74) is 1.02. The minimum atomic E-state index is -3.39. The third-order valence-electron chi connectivity index (χ3n) is 3.98. The van der Waals surface area contributed by atoms with E-state index in [2.05, 4.69) is 39.5 Å². The number of nitrogens with one attached hydrogen (secondary N) is 1. The van der Waals surface area contributed by atoms with Gasteiger partial charge in [-0.05, 0) is 72.9 Å². The smallest absolute Gasteiger partial charge is 0.250 e. The summed E-state index contributed by atoms with van der Waals surface area (Å²) < 4.78 is 28.7. The van der Waals surface area contributed by atoms with Crippen molar-refractivity contribution in [1.29, 1.82) is 0 Å². The number of halogens is 1. The lowest BCUT2D eigenvalue weighted by atomic mass is 9.81. The molecule has 4 nitrogen and oxygen atoms in total. The summed E-state index contributed by atoms with van der Waals surface area (Å²) in [5.74, 6) is 0. The first kappa shape index (κ1) is 16.4. The summed E-state index contributed by atoms with van der Waals surface area (Å²) in [6, 6.07) is 1.72. The molecule has 1 aromatic heterocycles. The van der Waals surface area contributed by atoms with Gasteiger partial charge in [0.1, 0.15) is 4.21 Å². The van der Waals surface area contributed by atoms with Gasteiger partial charge in [0.25, 0.3) is 0 Å². The molecule has 1 N–H and O–H groups in total. The van der Waals surface area contributed by atoms with Crippen LogP contribution in [0.4, 0.5) is 0 Å². The van der Waals surface area contributed by atoms with Gasteiger partial charge in [0.15, 0.2) is 0 Å². The molecule has 0 unspecified atom stereocenters. The molecular weight excluding hydrogens is 360 g/mol. The van der Waals surface area contributed by atoms with Crippen molar-refractivity contribution >= 4 is 37.3 Å². The predicted octanol–water partition coefficient (Wildman–Crippen LogP) is 2.83. The Morgan fingerprint density at radius 2 is 2.05 bits per heavy atom. The highest BCUT2D eigenvalue weighted by atomic mass is 79.9. The van der Waals surface area contributed by atoms with E-state index in [0.717, 1.165) is 35.3 Å². The molecule has 114 valence electrons. The fourth-order valence-electron chi connectivity index (χ4n) is 2.24. The van der Waals surface area contributed by atoms with Crippen LogP contribution in [0.15, 0.2) is 14.1 Å². The van der Waals surface area contributed by atoms with Crippen molar-refractivity contribution in [3.05, 3.63) is 15.4 Å². The zero-order valence-electron chi connectivity index (χ0n) is 12.1. The SMILES string of the molecule is Cc1cc(S(=O)(=O)NCC2(C)CCN(C)CC2)sc1Br. The Labute approximate surface area is 133 Å². The predicted molar refractivity (Wildman–Crippen MR) is 86.8 cm³/mol. The van der Waals surface area contributed by atoms with E-state index < -0.39 is 10.0 Å². The maximum atomic E-state index is 12.3. The molecule has 0 atom stereocenters. The van der Waals surface area contributed by atoms with E-state index in [1.165, 1.54) is 11.3 Å². The maximum Gasteiger partial charge on any atom is 0.250 e. The zero-order chi connectivity index (χ0) is 15.0. The highest BCUT2D eigenvalue weighted by Crippen LogP contribution is 2.32. The zero-order valence-corrected chi connectivity index (χ0v) is 15.3. The molecular formula is C13H21BrN2O2S2. The Kier molecular flexibility index (Phi) is 4.96. The van der Waals surface area contributed by atoms with Crippen LogP contribution < -0.4 is 4.72 Å². The van der Waals surface area contributed by atoms with E-state index in [-0.39, 0.29) is 5.41 Å². The number of aryl methyl sites for hydroxylation is 1. The Bertz CT molecular complexity index is 556. The molecule has 1 aliphatic rings. The molecule has 0 aromatic carbocycles. The van der Waals surface area contributed by atoms with Crippen LogP contribution in [0.3, 0.4) is 0 Å². The molecule has 2 heterocycles. The van der Waals surface area contributed by atoms with Crippen LogP contribution in [-0.4, -0.2) is 40.0 Å². The second-order valence-corrected chi connectivity index (χ2v) is 10.3. The molecule has 7 heteroatoms. The van der Waals surface area contributed by atoms with Gasteiger partial charge in [0.2, 0.25) is 10.0 Å². The normalized spacial score (nSPS) is 20.2. The van der Waals surface area contributed by atoms with Gasteiger partial charge >= 0.3 is 0 Å². The van der Waals surface area contributed by atoms with E-state index in [1.54, 1.807) is 6.07 Å². The fraction of sp³-hybridized carbons (Fsp3) is 0.692. The van der Waals surface area contributed by atoms with Crippen molar-refractivity contribution < 1.29 is 8.42 Å². The number of sulfonamides is 1. The fourth-order valence-corrected chi connectivity index (χ4v) is 5.71. The van der Waals surface area contributed by atoms with Crippen LogP contribution in [0.1, 0.15) is 25.3 Å². The third kappa shape index (κ3) is 3.82. The van der Waals surface area contributed by atoms with Gasteiger partial charge in [0, 0.05) is 6.54 Å². The first-order valence-corrected chi connectivity index (χ1v) is 9.75. The van der Waals surface area contributed by atoms with Crippen molar-refractivity contribution in [2.24, 2.45) is 5.41 Å². The van der Waals surface area contributed by atoms with E-state index >= 15 is 0 Å². The molecule has 0 saturated carbocycles. The van der Waals surface area contributed by atoms with E-state index in [0.29, 0.717) is 10.8 Å². The lowest BCUT2D eigenvalue weighted by Crippen LogP contribution is -2.43. The average Bonchev–Trinajstić information content (AvgIpc) is 2.73. The second-order valence-electron chi connectivity index (χ2n) is 5.96. The number of nitrogens with zero attached hydrogens (tertiary/aromatic N) is 1. The molecule has 0 radical (unpaired) electrons. The molecule has 1 aromatic rings. The molecule has 0 amide bonds. The number of piperidine rings is 1. The van der Waals surface area contributed by atoms with Crippen LogP contribution in [0.25, 0.3) is 0 Å². The van der Waals surface area contributed by atoms with Gasteiger partial charge in [-0.2, -0.15) is 0 Å². The Hall–Kier alpha value is 0.0500. The molecule has 0 bridgehead atoms. The summed E-state index contributed by atoms with van der Waals surface area (Å²) in [4.78, 5) is 2.29. The lowest BCUT2D eigenvalue weighted by molar-refractivity contribution is 0.143. The van der Waals surface area contributed by atoms with Gasteiger partial charge < -0.3 is 4.90 Å². The standard InChI is InChI=1S/C13H21BrN2O2S2/c1-10-8-11(19-12(10)14)20(17,18)15-9-13(2)4-6-16(3)7-5-13/h8,15H,4-7,9H2,1-3H3. The molecule has 0 aliphatic carbocycles. The maximum absolute atomic E-state index is 12.3. The van der Waals surface area contributed by atoms with Crippen molar-refractivity contribution in [2.45, 2.75) is 30.9 Å². The number of hydrogen-bond donors (Lipinski definition) is 1. The molecule has 1 saturated heterocycles. The highest BCUT2D eigenvalue weighted by molar-refractivity contribution is 9.11. The summed E-state index contributed by atoms with van der Waals surface area (Å²) in [5, 5.41) is 0. The van der Waals surface area contributed by atoms with Crippen molar-refractivity contribution in [3.8, 4) is 0 Å². The largest absolute Gasteiger partial charge is 0.306 e. The number of hydrogen-bond acceptors (Lipinski definition) is 4. The average molecular weight is 381 g/mol. The van der Waals surface area contributed by atoms with Gasteiger partial charge in [-0.3, -0.25) is 0 Å². The first-order valence-electron chi connectivity index (χ1n) is 6.66. The third-order valence-corrected chi connectivity index (χ3v) is 7.99. The first-order chi connectivity index (χ1) is 9.22. The molecule has 20 heavy (non-hydrogen) atoms. The van der Waals surface area contributed by atoms with E-state index in [4.69, 9.17) is 0 Å². The van der Waals surface area contributed by atoms with Gasteiger partial charge in [-0.1, -0.05) is 6.92 Å². The van der Waals surface area contributed by atoms with Gasteiger partial charge in [0.05, 0.1) is 3.79 Å². The second kappa shape index (κ2) is 6.04. The minimum absolute atomic E-state index is 0.0586. The van der Waals surface area contributed by atoms with Crippen LogP contribution in [0.5, 0.6) is 0 Å². The molecule has 0 spiro atoms. The van der Waals surface area contributed by atoms with Gasteiger partial charge in [-0.15, -0.1) is 11.3 Å². The summed E-state index contributed by atoms with van der Waals surface area (Å²) >= 11 is 4.64. The molecule has 1 aliphatic heterocycles. The highest BCUT2D eigenvalue weighted by Gasteiger charge is 2.30. The number of thiophene rings is 1. The topological polar surface area (TPSA) is 49.4 Å². The van der Waals surface area contributed by atoms with Crippen molar-refractivity contribution in [2.75, 3.05) is 26.7 Å². The Morgan fingerprint density at radius 1 is 1.45 bits per heavy atom.